The molecule has 1 heterocycles. The summed E-state index contributed by atoms with van der Waals surface area (Å²) in [5.74, 6) is 0.535. The average molecular weight is 300 g/mol. The van der Waals surface area contributed by atoms with Crippen LogP contribution >= 0.6 is 0 Å². The second-order valence-electron chi connectivity index (χ2n) is 6.05. The summed E-state index contributed by atoms with van der Waals surface area (Å²) in [6.07, 6.45) is -2.36. The number of alkyl halides is 3. The van der Waals surface area contributed by atoms with Gasteiger partial charge in [-0.05, 0) is 42.9 Å². The fourth-order valence-electron chi connectivity index (χ4n) is 2.80. The Labute approximate surface area is 124 Å². The number of nitrogens with zero attached hydrogens (tertiary/aromatic N) is 1. The van der Waals surface area contributed by atoms with Crippen molar-refractivity contribution in [3.05, 3.63) is 29.3 Å². The SMILES string of the molecule is CCC(N)Cc1ccc(N2CCC(C)C2)cc1C(F)(F)F. The zero-order chi connectivity index (χ0) is 15.6. The van der Waals surface area contributed by atoms with Crippen LogP contribution < -0.4 is 10.6 Å². The van der Waals surface area contributed by atoms with Crippen molar-refractivity contribution in [3.8, 4) is 0 Å². The van der Waals surface area contributed by atoms with E-state index in [9.17, 15) is 13.2 Å². The number of hydrogen-bond donors (Lipinski definition) is 1. The van der Waals surface area contributed by atoms with Gasteiger partial charge in [0.1, 0.15) is 0 Å². The molecule has 0 saturated carbocycles. The van der Waals surface area contributed by atoms with E-state index < -0.39 is 11.7 Å². The highest BCUT2D eigenvalue weighted by molar-refractivity contribution is 5.52. The van der Waals surface area contributed by atoms with Crippen molar-refractivity contribution >= 4 is 5.69 Å². The van der Waals surface area contributed by atoms with E-state index >= 15 is 0 Å². The van der Waals surface area contributed by atoms with E-state index in [2.05, 4.69) is 6.92 Å². The molecule has 118 valence electrons. The molecular formula is C16H23F3N2. The van der Waals surface area contributed by atoms with Crippen molar-refractivity contribution in [2.75, 3.05) is 18.0 Å². The third-order valence-electron chi connectivity index (χ3n) is 4.19. The minimum Gasteiger partial charge on any atom is -0.371 e. The van der Waals surface area contributed by atoms with Crippen LogP contribution in [-0.2, 0) is 12.6 Å². The molecule has 5 heteroatoms. The summed E-state index contributed by atoms with van der Waals surface area (Å²) in [5, 5.41) is 0. The highest BCUT2D eigenvalue weighted by atomic mass is 19.4. The molecule has 1 aliphatic heterocycles. The summed E-state index contributed by atoms with van der Waals surface area (Å²) >= 11 is 0. The first-order valence-corrected chi connectivity index (χ1v) is 7.52. The normalized spacial score (nSPS) is 20.9. The molecule has 1 aromatic rings. The van der Waals surface area contributed by atoms with Crippen LogP contribution in [0.3, 0.4) is 0 Å². The lowest BCUT2D eigenvalue weighted by atomic mass is 9.98. The molecule has 1 fully saturated rings. The standard InChI is InChI=1S/C16H23F3N2/c1-3-13(20)8-12-4-5-14(9-15(12)16(17,18)19)21-7-6-11(2)10-21/h4-5,9,11,13H,3,6-8,10,20H2,1-2H3. The van der Waals surface area contributed by atoms with Crippen molar-refractivity contribution in [2.24, 2.45) is 11.7 Å². The largest absolute Gasteiger partial charge is 0.416 e. The maximum atomic E-state index is 13.3. The van der Waals surface area contributed by atoms with Gasteiger partial charge in [-0.1, -0.05) is 19.9 Å². The maximum absolute atomic E-state index is 13.3. The predicted molar refractivity (Wildman–Crippen MR) is 79.4 cm³/mol. The number of halogens is 3. The number of benzene rings is 1. The van der Waals surface area contributed by atoms with Gasteiger partial charge in [-0.3, -0.25) is 0 Å². The molecule has 1 saturated heterocycles. The van der Waals surface area contributed by atoms with E-state index in [4.69, 9.17) is 5.73 Å². The Morgan fingerprint density at radius 2 is 2.10 bits per heavy atom. The zero-order valence-corrected chi connectivity index (χ0v) is 12.6. The summed E-state index contributed by atoms with van der Waals surface area (Å²) in [4.78, 5) is 2.03. The van der Waals surface area contributed by atoms with Crippen LogP contribution in [-0.4, -0.2) is 19.1 Å². The summed E-state index contributed by atoms with van der Waals surface area (Å²) in [7, 11) is 0. The highest BCUT2D eigenvalue weighted by Gasteiger charge is 2.34. The monoisotopic (exact) mass is 300 g/mol. The third-order valence-corrected chi connectivity index (χ3v) is 4.19. The van der Waals surface area contributed by atoms with Crippen molar-refractivity contribution in [1.82, 2.24) is 0 Å². The molecule has 2 rings (SSSR count). The molecule has 0 aliphatic carbocycles. The second-order valence-corrected chi connectivity index (χ2v) is 6.05. The van der Waals surface area contributed by atoms with Gasteiger partial charge in [-0.25, -0.2) is 0 Å². The van der Waals surface area contributed by atoms with Crippen LogP contribution in [0, 0.1) is 5.92 Å². The first-order valence-electron chi connectivity index (χ1n) is 7.52. The van der Waals surface area contributed by atoms with Crippen molar-refractivity contribution in [2.45, 2.75) is 45.3 Å². The van der Waals surface area contributed by atoms with E-state index in [1.807, 2.05) is 11.8 Å². The summed E-state index contributed by atoms with van der Waals surface area (Å²) < 4.78 is 39.9. The Morgan fingerprint density at radius 1 is 1.38 bits per heavy atom. The van der Waals surface area contributed by atoms with Gasteiger partial charge in [0.05, 0.1) is 5.56 Å². The lowest BCUT2D eigenvalue weighted by Gasteiger charge is -2.22. The topological polar surface area (TPSA) is 29.3 Å². The van der Waals surface area contributed by atoms with Crippen molar-refractivity contribution < 1.29 is 13.2 Å². The lowest BCUT2D eigenvalue weighted by Crippen LogP contribution is -2.24. The smallest absolute Gasteiger partial charge is 0.371 e. The van der Waals surface area contributed by atoms with E-state index in [1.165, 1.54) is 6.07 Å². The number of rotatable bonds is 4. The van der Waals surface area contributed by atoms with Crippen molar-refractivity contribution in [1.29, 1.82) is 0 Å². The van der Waals surface area contributed by atoms with Gasteiger partial charge in [0.15, 0.2) is 0 Å². The van der Waals surface area contributed by atoms with Gasteiger partial charge in [0, 0.05) is 24.8 Å². The Balaban J connectivity index is 2.31. The molecular weight excluding hydrogens is 277 g/mol. The van der Waals surface area contributed by atoms with Crippen LogP contribution in [0.4, 0.5) is 18.9 Å². The fourth-order valence-corrected chi connectivity index (χ4v) is 2.80. The van der Waals surface area contributed by atoms with E-state index in [0.29, 0.717) is 23.6 Å². The van der Waals surface area contributed by atoms with E-state index in [0.717, 1.165) is 19.5 Å². The molecule has 21 heavy (non-hydrogen) atoms. The number of nitrogens with two attached hydrogens (primary N) is 1. The Morgan fingerprint density at radius 3 is 2.62 bits per heavy atom. The van der Waals surface area contributed by atoms with E-state index in [-0.39, 0.29) is 12.5 Å². The number of hydrogen-bond acceptors (Lipinski definition) is 2. The lowest BCUT2D eigenvalue weighted by molar-refractivity contribution is -0.138. The van der Waals surface area contributed by atoms with Crippen molar-refractivity contribution in [3.63, 3.8) is 0 Å². The van der Waals surface area contributed by atoms with Gasteiger partial charge >= 0.3 is 6.18 Å². The average Bonchev–Trinajstić information content (AvgIpc) is 2.84. The molecule has 0 spiro atoms. The molecule has 2 atom stereocenters. The highest BCUT2D eigenvalue weighted by Crippen LogP contribution is 2.36. The minimum atomic E-state index is -4.33. The molecule has 2 N–H and O–H groups in total. The number of anilines is 1. The van der Waals surface area contributed by atoms with Gasteiger partial charge in [0.25, 0.3) is 0 Å². The first kappa shape index (κ1) is 16.1. The second kappa shape index (κ2) is 6.26. The van der Waals surface area contributed by atoms with Crippen LogP contribution in [0.25, 0.3) is 0 Å². The van der Waals surface area contributed by atoms with Crippen LogP contribution in [0.2, 0.25) is 0 Å². The van der Waals surface area contributed by atoms with Gasteiger partial charge in [0.2, 0.25) is 0 Å². The molecule has 2 unspecified atom stereocenters. The Bertz CT molecular complexity index is 485. The van der Waals surface area contributed by atoms with Gasteiger partial charge in [-0.15, -0.1) is 0 Å². The minimum absolute atomic E-state index is 0.233. The summed E-state index contributed by atoms with van der Waals surface area (Å²) in [5.41, 5.74) is 6.25. The summed E-state index contributed by atoms with van der Waals surface area (Å²) in [6, 6.07) is 4.45. The molecule has 0 aromatic heterocycles. The molecule has 0 amide bonds. The summed E-state index contributed by atoms with van der Waals surface area (Å²) in [6.45, 7) is 5.66. The third kappa shape index (κ3) is 3.90. The quantitative estimate of drug-likeness (QED) is 0.915. The molecule has 1 aliphatic rings. The zero-order valence-electron chi connectivity index (χ0n) is 12.6. The van der Waals surface area contributed by atoms with Crippen LogP contribution in [0.15, 0.2) is 18.2 Å². The molecule has 2 nitrogen and oxygen atoms in total. The fraction of sp³-hybridized carbons (Fsp3) is 0.625. The van der Waals surface area contributed by atoms with Gasteiger partial charge in [-0.2, -0.15) is 13.2 Å². The first-order chi connectivity index (χ1) is 9.81. The maximum Gasteiger partial charge on any atom is 0.416 e. The Kier molecular flexibility index (Phi) is 4.81. The van der Waals surface area contributed by atoms with Crippen LogP contribution in [0.5, 0.6) is 0 Å². The predicted octanol–water partition coefficient (Wildman–Crippen LogP) is 3.83. The van der Waals surface area contributed by atoms with Gasteiger partial charge < -0.3 is 10.6 Å². The molecule has 0 bridgehead atoms. The molecule has 0 radical (unpaired) electrons. The van der Waals surface area contributed by atoms with E-state index in [1.54, 1.807) is 12.1 Å². The van der Waals surface area contributed by atoms with Crippen LogP contribution in [0.1, 0.15) is 37.8 Å². The molecule has 1 aromatic carbocycles. The Hall–Kier alpha value is -1.23.